The van der Waals surface area contributed by atoms with Gasteiger partial charge in [-0.1, -0.05) is 167 Å². The fourth-order valence-corrected chi connectivity index (χ4v) is 13.3. The smallest absolute Gasteiger partial charge is 0.331 e. The van der Waals surface area contributed by atoms with Crippen molar-refractivity contribution in [2.75, 3.05) is 0 Å². The molecule has 0 aliphatic carbocycles. The highest BCUT2D eigenvalue weighted by Crippen LogP contribution is 2.40. The number of fused-ring (bicyclic) bond motifs is 2. The minimum atomic E-state index is -1.94. The summed E-state index contributed by atoms with van der Waals surface area (Å²) in [6, 6.07) is 8.90. The van der Waals surface area contributed by atoms with E-state index in [0.29, 0.717) is 44.1 Å². The molecule has 97 heavy (non-hydrogen) atoms. The number of aliphatic hydroxyl groups excluding tert-OH is 7. The van der Waals surface area contributed by atoms with Gasteiger partial charge in [-0.3, -0.25) is 14.4 Å². The second kappa shape index (κ2) is 40.7. The van der Waals surface area contributed by atoms with Crippen molar-refractivity contribution >= 4 is 30.0 Å². The predicted molar refractivity (Wildman–Crippen MR) is 350 cm³/mol. The minimum absolute atomic E-state index is 0.0375. The summed E-state index contributed by atoms with van der Waals surface area (Å²) in [5.41, 5.74) is 0.666. The standard InChI is InChI=1S/C72H116O25/c1-10-13-15-16-17-18-21-24-32-38-50(74)92-66-65(97-68-56(80)54(78)52(76)42(5)84-68)61(95-69-58(82)62(60(45(8)86-69)93-67(83)41(4)12-3)90-51(75)40-39-47-33-28-26-29-34-47)46(9)88-72(66)94-59-44(7)87-71-64(57(59)81)91-49(73)37-31-25-22-19-20-23-30-36-48(35-27-14-11-2)89-70-63(96-71)55(79)53(77)43(6)85-70/h26,28-29,33-34,39-46,48,52-66,68-72,76-82H,10-25,27,30-32,35-38H2,1-9H3/b40-39+/t41-,42-,43+,44-,45-,46-,48-,52-,53-,54+,55-,56+,57+,58+,59-,60-,61-,62-,63+,64+,65+,66+,68-,69-,70-,71-,72-/m0/s1. The SMILES string of the molecule is CCCCCCCCCCCC(=O)O[C@H]1[C@H](O[C@@H]2[C@@H](O)[C@H]3OC(=O)CCCCCCCCC[C@H](CCCCC)O[C@@H]4O[C@H](C)[C@H](O)[C@H](O)[C@H]4O[C@@H]3O[C@H]2C)O[C@@H](C)[C@H](O[C@@H]2O[C@@H](C)[C@H](OC(=O)[C@@H](C)CC)[C@@H](OC(=O)/C=C/c3ccccc3)[C@H]2O)[C@H]1O[C@@H]1O[C@@H](C)[C@H](O)[C@@H](O)[C@H]1O. The third-order valence-electron chi connectivity index (χ3n) is 19.6. The van der Waals surface area contributed by atoms with Gasteiger partial charge in [-0.25, -0.2) is 4.79 Å². The van der Waals surface area contributed by atoms with Crippen LogP contribution in [0.25, 0.3) is 6.08 Å². The van der Waals surface area contributed by atoms with E-state index in [-0.39, 0.29) is 18.9 Å². The highest BCUT2D eigenvalue weighted by Gasteiger charge is 2.59. The van der Waals surface area contributed by atoms with Crippen LogP contribution in [0.1, 0.15) is 222 Å². The molecule has 27 atom stereocenters. The van der Waals surface area contributed by atoms with E-state index < -0.39 is 183 Å². The zero-order valence-corrected chi connectivity index (χ0v) is 58.6. The first-order valence-electron chi connectivity index (χ1n) is 36.4. The van der Waals surface area contributed by atoms with E-state index in [0.717, 1.165) is 109 Å². The number of unbranched alkanes of at least 4 members (excludes halogenated alkanes) is 10. The fourth-order valence-electron chi connectivity index (χ4n) is 13.3. The molecule has 7 N–H and O–H groups in total. The van der Waals surface area contributed by atoms with Gasteiger partial charge in [-0.2, -0.15) is 0 Å². The lowest BCUT2D eigenvalue weighted by Crippen LogP contribution is -2.68. The first-order valence-corrected chi connectivity index (χ1v) is 36.4. The van der Waals surface area contributed by atoms with Crippen molar-refractivity contribution in [2.24, 2.45) is 5.92 Å². The van der Waals surface area contributed by atoms with Crippen molar-refractivity contribution in [2.45, 2.75) is 376 Å². The van der Waals surface area contributed by atoms with Crippen LogP contribution in [0.3, 0.4) is 0 Å². The number of rotatable bonds is 27. The van der Waals surface area contributed by atoms with Gasteiger partial charge in [0.25, 0.3) is 0 Å². The van der Waals surface area contributed by atoms with Crippen LogP contribution in [0, 0.1) is 5.92 Å². The van der Waals surface area contributed by atoms with Crippen LogP contribution < -0.4 is 0 Å². The Kier molecular flexibility index (Phi) is 33.8. The number of aliphatic hydroxyl groups is 7. The number of ether oxygens (including phenoxy) is 14. The Labute approximate surface area is 573 Å². The first-order chi connectivity index (χ1) is 46.5. The summed E-state index contributed by atoms with van der Waals surface area (Å²) in [7, 11) is 0. The van der Waals surface area contributed by atoms with E-state index in [2.05, 4.69) is 13.8 Å². The molecule has 0 unspecified atom stereocenters. The molecule has 6 fully saturated rings. The first kappa shape index (κ1) is 80.5. The van der Waals surface area contributed by atoms with Gasteiger partial charge in [0, 0.05) is 18.9 Å². The summed E-state index contributed by atoms with van der Waals surface area (Å²) in [5, 5.41) is 82.1. The number of carbonyl (C=O) groups excluding carboxylic acids is 4. The highest BCUT2D eigenvalue weighted by molar-refractivity contribution is 5.87. The molecule has 6 aliphatic rings. The zero-order valence-electron chi connectivity index (χ0n) is 58.6. The Morgan fingerprint density at radius 2 is 1.04 bits per heavy atom. The highest BCUT2D eigenvalue weighted by atomic mass is 16.8. The van der Waals surface area contributed by atoms with Gasteiger partial charge in [0.05, 0.1) is 42.5 Å². The predicted octanol–water partition coefficient (Wildman–Crippen LogP) is 7.60. The molecular weight excluding hydrogens is 1260 g/mol. The summed E-state index contributed by atoms with van der Waals surface area (Å²) in [5.74, 6) is -3.63. The van der Waals surface area contributed by atoms with Gasteiger partial charge in [-0.05, 0) is 78.4 Å². The normalized spacial score (nSPS) is 38.5. The molecule has 6 aliphatic heterocycles. The molecule has 7 rings (SSSR count). The lowest BCUT2D eigenvalue weighted by molar-refractivity contribution is -0.399. The average molecular weight is 1380 g/mol. The molecule has 0 spiro atoms. The Morgan fingerprint density at radius 1 is 0.495 bits per heavy atom. The molecule has 0 saturated carbocycles. The number of carbonyl (C=O) groups is 4. The van der Waals surface area contributed by atoms with Crippen molar-refractivity contribution in [1.82, 2.24) is 0 Å². The van der Waals surface area contributed by atoms with Crippen LogP contribution in [0.2, 0.25) is 0 Å². The van der Waals surface area contributed by atoms with Gasteiger partial charge in [-0.15, -0.1) is 0 Å². The van der Waals surface area contributed by atoms with Crippen molar-refractivity contribution in [3.63, 3.8) is 0 Å². The summed E-state index contributed by atoms with van der Waals surface area (Å²) in [6.07, 6.45) is -17.6. The number of hydrogen-bond donors (Lipinski definition) is 7. The molecule has 25 heteroatoms. The van der Waals surface area contributed by atoms with E-state index in [1.807, 2.05) is 6.07 Å². The summed E-state index contributed by atoms with van der Waals surface area (Å²) >= 11 is 0. The number of benzene rings is 1. The maximum Gasteiger partial charge on any atom is 0.331 e. The summed E-state index contributed by atoms with van der Waals surface area (Å²) in [6.45, 7) is 15.4. The van der Waals surface area contributed by atoms with Crippen LogP contribution in [0.4, 0.5) is 0 Å². The van der Waals surface area contributed by atoms with E-state index in [1.54, 1.807) is 45.0 Å². The number of esters is 4. The molecule has 1 aromatic carbocycles. The molecule has 6 heterocycles. The monoisotopic (exact) mass is 1380 g/mol. The van der Waals surface area contributed by atoms with E-state index >= 15 is 0 Å². The molecule has 6 saturated heterocycles. The van der Waals surface area contributed by atoms with Gasteiger partial charge in [0.2, 0.25) is 0 Å². The lowest BCUT2D eigenvalue weighted by Gasteiger charge is -2.51. The fraction of sp³-hybridized carbons (Fsp3) is 0.833. The van der Waals surface area contributed by atoms with Gasteiger partial charge in [0.1, 0.15) is 67.1 Å². The van der Waals surface area contributed by atoms with Crippen LogP contribution in [0.15, 0.2) is 36.4 Å². The van der Waals surface area contributed by atoms with E-state index in [4.69, 9.17) is 66.3 Å². The summed E-state index contributed by atoms with van der Waals surface area (Å²) < 4.78 is 89.7. The molecule has 0 bridgehead atoms. The Bertz CT molecular complexity index is 2490. The molecule has 0 amide bonds. The molecule has 554 valence electrons. The van der Waals surface area contributed by atoms with Gasteiger partial charge in [0.15, 0.2) is 55.9 Å². The van der Waals surface area contributed by atoms with Crippen molar-refractivity contribution in [3.05, 3.63) is 42.0 Å². The lowest BCUT2D eigenvalue weighted by atomic mass is 9.95. The largest absolute Gasteiger partial charge is 0.455 e. The maximum atomic E-state index is 14.5. The molecule has 0 aromatic heterocycles. The third kappa shape index (κ3) is 23.3. The van der Waals surface area contributed by atoms with Crippen molar-refractivity contribution < 1.29 is 121 Å². The van der Waals surface area contributed by atoms with Crippen molar-refractivity contribution in [3.8, 4) is 0 Å². The second-order valence-electron chi connectivity index (χ2n) is 27.5. The Morgan fingerprint density at radius 3 is 1.73 bits per heavy atom. The maximum absolute atomic E-state index is 14.5. The topological polar surface area (TPSA) is 339 Å². The third-order valence-corrected chi connectivity index (χ3v) is 19.6. The zero-order chi connectivity index (χ0) is 70.3. The van der Waals surface area contributed by atoms with Crippen LogP contribution in [-0.4, -0.2) is 219 Å². The quantitative estimate of drug-likeness (QED) is 0.0193. The summed E-state index contributed by atoms with van der Waals surface area (Å²) in [4.78, 5) is 55.8. The van der Waals surface area contributed by atoms with Gasteiger partial charge < -0.3 is 102 Å². The molecule has 1 aromatic rings. The number of hydrogen-bond acceptors (Lipinski definition) is 25. The van der Waals surface area contributed by atoms with E-state index in [9.17, 15) is 54.9 Å². The van der Waals surface area contributed by atoms with E-state index in [1.165, 1.54) is 33.8 Å². The Hall–Kier alpha value is -3.84. The van der Waals surface area contributed by atoms with Crippen LogP contribution in [0.5, 0.6) is 0 Å². The average Bonchev–Trinajstić information content (AvgIpc) is 0.775. The van der Waals surface area contributed by atoms with Crippen molar-refractivity contribution in [1.29, 1.82) is 0 Å². The molecular formula is C72H116O25. The van der Waals surface area contributed by atoms with Crippen LogP contribution >= 0.6 is 0 Å². The molecule has 25 nitrogen and oxygen atoms in total. The molecule has 0 radical (unpaired) electrons. The minimum Gasteiger partial charge on any atom is -0.455 e. The van der Waals surface area contributed by atoms with Crippen LogP contribution in [-0.2, 0) is 85.5 Å². The second-order valence-corrected chi connectivity index (χ2v) is 27.5. The van der Waals surface area contributed by atoms with Gasteiger partial charge >= 0.3 is 23.9 Å². The Balaban J connectivity index is 1.24.